The molecule has 1 amide bonds. The van der Waals surface area contributed by atoms with Crippen molar-refractivity contribution in [1.29, 1.82) is 0 Å². The molecule has 4 nitrogen and oxygen atoms in total. The van der Waals surface area contributed by atoms with Gasteiger partial charge in [-0.2, -0.15) is 0 Å². The van der Waals surface area contributed by atoms with Gasteiger partial charge in [0, 0.05) is 11.6 Å². The maximum atomic E-state index is 12.0. The molecule has 0 spiro atoms. The van der Waals surface area contributed by atoms with Gasteiger partial charge in [0.05, 0.1) is 5.56 Å². The Balaban J connectivity index is 2.28. The van der Waals surface area contributed by atoms with Crippen LogP contribution < -0.4 is 5.32 Å². The largest absolute Gasteiger partial charge is 0.478 e. The van der Waals surface area contributed by atoms with Crippen LogP contribution in [0.5, 0.6) is 0 Å². The molecule has 0 saturated heterocycles. The van der Waals surface area contributed by atoms with E-state index < -0.39 is 5.97 Å². The summed E-state index contributed by atoms with van der Waals surface area (Å²) >= 11 is 0. The van der Waals surface area contributed by atoms with Crippen LogP contribution in [0.1, 0.15) is 34.6 Å². The first-order valence-corrected chi connectivity index (χ1v) is 6.72. The molecule has 21 heavy (non-hydrogen) atoms. The van der Waals surface area contributed by atoms with E-state index in [1.165, 1.54) is 0 Å². The summed E-state index contributed by atoms with van der Waals surface area (Å²) in [6.45, 7) is 3.82. The Morgan fingerprint density at radius 3 is 2.19 bits per heavy atom. The van der Waals surface area contributed by atoms with Crippen molar-refractivity contribution in [1.82, 2.24) is 5.32 Å². The van der Waals surface area contributed by atoms with Gasteiger partial charge >= 0.3 is 5.97 Å². The lowest BCUT2D eigenvalue weighted by Crippen LogP contribution is -2.30. The summed E-state index contributed by atoms with van der Waals surface area (Å²) in [4.78, 5) is 22.8. The predicted molar refractivity (Wildman–Crippen MR) is 81.4 cm³/mol. The number of amides is 1. The smallest absolute Gasteiger partial charge is 0.335 e. The van der Waals surface area contributed by atoms with Crippen molar-refractivity contribution in [2.24, 2.45) is 0 Å². The van der Waals surface area contributed by atoms with Crippen molar-refractivity contribution in [2.45, 2.75) is 19.9 Å². The van der Waals surface area contributed by atoms with E-state index in [0.29, 0.717) is 5.56 Å². The summed E-state index contributed by atoms with van der Waals surface area (Å²) < 4.78 is 0. The van der Waals surface area contributed by atoms with Gasteiger partial charge in [0.1, 0.15) is 0 Å². The van der Waals surface area contributed by atoms with Gasteiger partial charge in [-0.1, -0.05) is 24.3 Å². The molecule has 2 aromatic carbocycles. The highest BCUT2D eigenvalue weighted by Gasteiger charge is 2.09. The molecule has 4 heteroatoms. The molecule has 2 rings (SSSR count). The average Bonchev–Trinajstić information content (AvgIpc) is 2.47. The Bertz CT molecular complexity index is 660. The second kappa shape index (κ2) is 6.22. The zero-order valence-corrected chi connectivity index (χ0v) is 12.0. The molecule has 0 aromatic heterocycles. The number of rotatable bonds is 4. The molecule has 108 valence electrons. The van der Waals surface area contributed by atoms with Crippen LogP contribution in [0.3, 0.4) is 0 Å². The first-order chi connectivity index (χ1) is 9.97. The quantitative estimate of drug-likeness (QED) is 0.905. The number of nitrogens with one attached hydrogen (secondary N) is 1. The summed E-state index contributed by atoms with van der Waals surface area (Å²) in [5.74, 6) is -1.07. The normalized spacial score (nSPS) is 10.4. The van der Waals surface area contributed by atoms with E-state index in [-0.39, 0.29) is 17.5 Å². The first-order valence-electron chi connectivity index (χ1n) is 6.72. The van der Waals surface area contributed by atoms with E-state index in [1.54, 1.807) is 36.4 Å². The van der Waals surface area contributed by atoms with Gasteiger partial charge in [0.25, 0.3) is 5.91 Å². The molecule has 0 unspecified atom stereocenters. The minimum atomic E-state index is -0.952. The van der Waals surface area contributed by atoms with Gasteiger partial charge in [-0.05, 0) is 49.2 Å². The molecule has 0 aliphatic heterocycles. The second-order valence-corrected chi connectivity index (χ2v) is 5.09. The molecule has 0 bridgehead atoms. The Morgan fingerprint density at radius 2 is 1.62 bits per heavy atom. The van der Waals surface area contributed by atoms with Crippen LogP contribution in [0.4, 0.5) is 0 Å². The molecule has 0 radical (unpaired) electrons. The van der Waals surface area contributed by atoms with Crippen molar-refractivity contribution in [3.05, 3.63) is 59.7 Å². The fraction of sp³-hybridized carbons (Fsp3) is 0.176. The fourth-order valence-electron chi connectivity index (χ4n) is 1.99. The standard InChI is InChI=1S/C17H17NO3/c1-11(2)18-16(19)15-5-3-4-14(10-15)12-6-8-13(9-7-12)17(20)21/h3-11H,1-2H3,(H,18,19)(H,20,21). The van der Waals surface area contributed by atoms with Crippen LogP contribution in [0.2, 0.25) is 0 Å². The summed E-state index contributed by atoms with van der Waals surface area (Å²) in [7, 11) is 0. The van der Waals surface area contributed by atoms with Gasteiger partial charge < -0.3 is 10.4 Å². The van der Waals surface area contributed by atoms with E-state index in [0.717, 1.165) is 11.1 Å². The average molecular weight is 283 g/mol. The molecular weight excluding hydrogens is 266 g/mol. The molecule has 2 aromatic rings. The topological polar surface area (TPSA) is 66.4 Å². The zero-order valence-electron chi connectivity index (χ0n) is 12.0. The highest BCUT2D eigenvalue weighted by Crippen LogP contribution is 2.21. The van der Waals surface area contributed by atoms with Crippen LogP contribution in [0.25, 0.3) is 11.1 Å². The Kier molecular flexibility index (Phi) is 4.38. The lowest BCUT2D eigenvalue weighted by molar-refractivity contribution is 0.0696. The van der Waals surface area contributed by atoms with Crippen LogP contribution >= 0.6 is 0 Å². The monoisotopic (exact) mass is 283 g/mol. The van der Waals surface area contributed by atoms with Crippen molar-refractivity contribution in [2.75, 3.05) is 0 Å². The highest BCUT2D eigenvalue weighted by molar-refractivity contribution is 5.95. The predicted octanol–water partition coefficient (Wildman–Crippen LogP) is 3.19. The third-order valence-electron chi connectivity index (χ3n) is 3.01. The zero-order chi connectivity index (χ0) is 15.4. The van der Waals surface area contributed by atoms with E-state index in [1.807, 2.05) is 26.0 Å². The van der Waals surface area contributed by atoms with Gasteiger partial charge in [0.2, 0.25) is 0 Å². The molecular formula is C17H17NO3. The van der Waals surface area contributed by atoms with Gasteiger partial charge in [-0.3, -0.25) is 4.79 Å². The summed E-state index contributed by atoms with van der Waals surface area (Å²) in [5, 5.41) is 11.7. The highest BCUT2D eigenvalue weighted by atomic mass is 16.4. The second-order valence-electron chi connectivity index (χ2n) is 5.09. The summed E-state index contributed by atoms with van der Waals surface area (Å²) in [6, 6.07) is 13.9. The third kappa shape index (κ3) is 3.69. The fourth-order valence-corrected chi connectivity index (χ4v) is 1.99. The third-order valence-corrected chi connectivity index (χ3v) is 3.01. The van der Waals surface area contributed by atoms with Gasteiger partial charge in [0.15, 0.2) is 0 Å². The number of hydrogen-bond donors (Lipinski definition) is 2. The van der Waals surface area contributed by atoms with Crippen molar-refractivity contribution in [3.8, 4) is 11.1 Å². The molecule has 0 aliphatic rings. The van der Waals surface area contributed by atoms with Crippen LogP contribution in [-0.4, -0.2) is 23.0 Å². The lowest BCUT2D eigenvalue weighted by atomic mass is 10.0. The lowest BCUT2D eigenvalue weighted by Gasteiger charge is -2.09. The molecule has 0 saturated carbocycles. The summed E-state index contributed by atoms with van der Waals surface area (Å²) in [6.07, 6.45) is 0. The Morgan fingerprint density at radius 1 is 0.952 bits per heavy atom. The van der Waals surface area contributed by atoms with Crippen LogP contribution in [0, 0.1) is 0 Å². The van der Waals surface area contributed by atoms with Crippen LogP contribution in [-0.2, 0) is 0 Å². The van der Waals surface area contributed by atoms with E-state index in [4.69, 9.17) is 5.11 Å². The molecule has 0 atom stereocenters. The number of carbonyl (C=O) groups excluding carboxylic acids is 1. The maximum absolute atomic E-state index is 12.0. The Hall–Kier alpha value is -2.62. The van der Waals surface area contributed by atoms with Crippen LogP contribution in [0.15, 0.2) is 48.5 Å². The SMILES string of the molecule is CC(C)NC(=O)c1cccc(-c2ccc(C(=O)O)cc2)c1. The number of carboxylic acid groups (broad SMARTS) is 1. The number of aromatic carboxylic acids is 1. The van der Waals surface area contributed by atoms with Gasteiger partial charge in [-0.25, -0.2) is 4.79 Å². The Labute approximate surface area is 123 Å². The molecule has 0 fully saturated rings. The minimum Gasteiger partial charge on any atom is -0.478 e. The molecule has 0 aliphatic carbocycles. The first kappa shape index (κ1) is 14.8. The number of hydrogen-bond acceptors (Lipinski definition) is 2. The molecule has 0 heterocycles. The number of carbonyl (C=O) groups is 2. The van der Waals surface area contributed by atoms with Crippen molar-refractivity contribution >= 4 is 11.9 Å². The van der Waals surface area contributed by atoms with E-state index in [2.05, 4.69) is 5.32 Å². The molecule has 2 N–H and O–H groups in total. The number of benzene rings is 2. The van der Waals surface area contributed by atoms with Crippen molar-refractivity contribution < 1.29 is 14.7 Å². The van der Waals surface area contributed by atoms with E-state index in [9.17, 15) is 9.59 Å². The van der Waals surface area contributed by atoms with Gasteiger partial charge in [-0.15, -0.1) is 0 Å². The summed E-state index contributed by atoms with van der Waals surface area (Å²) in [5.41, 5.74) is 2.58. The number of carboxylic acids is 1. The van der Waals surface area contributed by atoms with Crippen molar-refractivity contribution in [3.63, 3.8) is 0 Å². The minimum absolute atomic E-state index is 0.0796. The maximum Gasteiger partial charge on any atom is 0.335 e. The van der Waals surface area contributed by atoms with E-state index >= 15 is 0 Å².